The van der Waals surface area contributed by atoms with E-state index in [1.165, 1.54) is 12.1 Å². The summed E-state index contributed by atoms with van der Waals surface area (Å²) in [6, 6.07) is 4.13. The van der Waals surface area contributed by atoms with Gasteiger partial charge < -0.3 is 0 Å². The maximum atomic E-state index is 13.5. The first-order valence-corrected chi connectivity index (χ1v) is 6.60. The lowest BCUT2D eigenvalue weighted by Crippen LogP contribution is -2.29. The molecule has 0 atom stereocenters. The lowest BCUT2D eigenvalue weighted by Gasteiger charge is -2.27. The van der Waals surface area contributed by atoms with Crippen molar-refractivity contribution in [1.29, 1.82) is 0 Å². The molecule has 0 saturated heterocycles. The first kappa shape index (κ1) is 14.4. The van der Waals surface area contributed by atoms with Crippen LogP contribution < -0.4 is 0 Å². The topological polar surface area (TPSA) is 17.1 Å². The molecule has 0 aliphatic heterocycles. The fraction of sp³-hybridized carbons (Fsp3) is 0.500. The van der Waals surface area contributed by atoms with Crippen LogP contribution in [0.15, 0.2) is 18.2 Å². The number of rotatable bonds is 3. The number of carbonyl (C=O) groups is 1. The summed E-state index contributed by atoms with van der Waals surface area (Å²) in [5.74, 6) is -3.73. The Hall–Kier alpha value is -1.03. The largest absolute Gasteiger partial charge is 0.299 e. The summed E-state index contributed by atoms with van der Waals surface area (Å²) >= 11 is 5.63. The van der Waals surface area contributed by atoms with Crippen molar-refractivity contribution in [2.24, 2.45) is 5.92 Å². The molecular weight excluding hydrogens is 277 g/mol. The molecule has 1 fully saturated rings. The summed E-state index contributed by atoms with van der Waals surface area (Å²) < 4.78 is 39.5. The van der Waals surface area contributed by atoms with Crippen molar-refractivity contribution < 1.29 is 18.0 Å². The van der Waals surface area contributed by atoms with Gasteiger partial charge in [-0.05, 0) is 30.5 Å². The fourth-order valence-electron chi connectivity index (χ4n) is 2.36. The van der Waals surface area contributed by atoms with Crippen molar-refractivity contribution in [3.8, 4) is 0 Å². The second-order valence-electron chi connectivity index (χ2n) is 5.01. The lowest BCUT2D eigenvalue weighted by atomic mass is 9.82. The van der Waals surface area contributed by atoms with Crippen LogP contribution in [0.1, 0.15) is 31.2 Å². The fourth-order valence-corrected chi connectivity index (χ4v) is 2.52. The van der Waals surface area contributed by atoms with E-state index in [0.29, 0.717) is 0 Å². The Morgan fingerprint density at radius 3 is 2.53 bits per heavy atom. The quantitative estimate of drug-likeness (QED) is 0.805. The minimum atomic E-state index is -2.65. The third-order valence-electron chi connectivity index (χ3n) is 3.55. The summed E-state index contributed by atoms with van der Waals surface area (Å²) in [7, 11) is 0. The minimum Gasteiger partial charge on any atom is -0.299 e. The number of benzene rings is 1. The van der Waals surface area contributed by atoms with Crippen molar-refractivity contribution >= 4 is 17.4 Å². The number of Topliss-reactive ketones (excluding diaryl/α,β-unsaturated/α-hetero) is 1. The summed E-state index contributed by atoms with van der Waals surface area (Å²) in [6.07, 6.45) is -0.208. The predicted molar refractivity (Wildman–Crippen MR) is 67.0 cm³/mol. The second-order valence-corrected chi connectivity index (χ2v) is 5.45. The molecule has 0 amide bonds. The zero-order valence-electron chi connectivity index (χ0n) is 10.3. The van der Waals surface area contributed by atoms with E-state index in [-0.39, 0.29) is 54.4 Å². The Morgan fingerprint density at radius 1 is 1.32 bits per heavy atom. The Morgan fingerprint density at radius 2 is 1.95 bits per heavy atom. The standard InChI is InChI=1S/C14H14ClF3O/c15-11-2-1-10(12(16)8-11)7-13(19)9-3-5-14(17,18)6-4-9/h1-2,8-9H,3-7H2. The van der Waals surface area contributed by atoms with Gasteiger partial charge in [-0.15, -0.1) is 0 Å². The van der Waals surface area contributed by atoms with Gasteiger partial charge in [0.15, 0.2) is 0 Å². The molecule has 0 heterocycles. The third kappa shape index (κ3) is 3.72. The van der Waals surface area contributed by atoms with E-state index in [4.69, 9.17) is 11.6 Å². The van der Waals surface area contributed by atoms with Gasteiger partial charge in [-0.2, -0.15) is 0 Å². The molecule has 1 aromatic rings. The molecule has 0 bridgehead atoms. The molecule has 1 nitrogen and oxygen atoms in total. The van der Waals surface area contributed by atoms with Crippen molar-refractivity contribution in [1.82, 2.24) is 0 Å². The smallest absolute Gasteiger partial charge is 0.248 e. The SMILES string of the molecule is O=C(Cc1ccc(Cl)cc1F)C1CCC(F)(F)CC1. The van der Waals surface area contributed by atoms with Gasteiger partial charge in [-0.25, -0.2) is 13.2 Å². The third-order valence-corrected chi connectivity index (χ3v) is 3.79. The Labute approximate surface area is 114 Å². The van der Waals surface area contributed by atoms with E-state index in [2.05, 4.69) is 0 Å². The van der Waals surface area contributed by atoms with Crippen molar-refractivity contribution in [3.63, 3.8) is 0 Å². The van der Waals surface area contributed by atoms with Gasteiger partial charge in [0.25, 0.3) is 0 Å². The number of hydrogen-bond donors (Lipinski definition) is 0. The van der Waals surface area contributed by atoms with E-state index >= 15 is 0 Å². The van der Waals surface area contributed by atoms with Crippen LogP contribution in [0.5, 0.6) is 0 Å². The maximum absolute atomic E-state index is 13.5. The lowest BCUT2D eigenvalue weighted by molar-refractivity contribution is -0.126. The zero-order chi connectivity index (χ0) is 14.0. The van der Waals surface area contributed by atoms with E-state index in [1.54, 1.807) is 0 Å². The number of halogens is 4. The molecule has 5 heteroatoms. The number of carbonyl (C=O) groups excluding carboxylic acids is 1. The Kier molecular flexibility index (Phi) is 4.19. The molecule has 1 aliphatic rings. The molecule has 1 aromatic carbocycles. The van der Waals surface area contributed by atoms with Crippen LogP contribution in [0, 0.1) is 11.7 Å². The molecule has 0 N–H and O–H groups in total. The van der Waals surface area contributed by atoms with Gasteiger partial charge in [0.1, 0.15) is 11.6 Å². The summed E-state index contributed by atoms with van der Waals surface area (Å²) in [5, 5.41) is 0.269. The van der Waals surface area contributed by atoms with Crippen LogP contribution in [0.3, 0.4) is 0 Å². The highest BCUT2D eigenvalue weighted by Gasteiger charge is 2.37. The van der Waals surface area contributed by atoms with Gasteiger partial charge in [-0.1, -0.05) is 17.7 Å². The van der Waals surface area contributed by atoms with Gasteiger partial charge >= 0.3 is 0 Å². The first-order valence-electron chi connectivity index (χ1n) is 6.22. The zero-order valence-corrected chi connectivity index (χ0v) is 11.0. The number of ketones is 1. The Bertz CT molecular complexity index is 478. The molecule has 0 unspecified atom stereocenters. The summed E-state index contributed by atoms with van der Waals surface area (Å²) in [5.41, 5.74) is 0.270. The van der Waals surface area contributed by atoms with E-state index < -0.39 is 11.7 Å². The van der Waals surface area contributed by atoms with Gasteiger partial charge in [0, 0.05) is 30.2 Å². The normalized spacial score (nSPS) is 19.4. The van der Waals surface area contributed by atoms with Crippen LogP contribution in [0.2, 0.25) is 5.02 Å². The molecule has 0 radical (unpaired) electrons. The van der Waals surface area contributed by atoms with Crippen LogP contribution in [-0.2, 0) is 11.2 Å². The summed E-state index contributed by atoms with van der Waals surface area (Å²) in [6.45, 7) is 0. The highest BCUT2D eigenvalue weighted by molar-refractivity contribution is 6.30. The van der Waals surface area contributed by atoms with E-state index in [9.17, 15) is 18.0 Å². The summed E-state index contributed by atoms with van der Waals surface area (Å²) in [4.78, 5) is 12.0. The highest BCUT2D eigenvalue weighted by Crippen LogP contribution is 2.36. The molecule has 0 spiro atoms. The molecule has 2 rings (SSSR count). The van der Waals surface area contributed by atoms with E-state index in [0.717, 1.165) is 6.07 Å². The van der Waals surface area contributed by atoms with Crippen LogP contribution >= 0.6 is 11.6 Å². The van der Waals surface area contributed by atoms with Gasteiger partial charge in [0.2, 0.25) is 5.92 Å². The average molecular weight is 291 g/mol. The molecule has 0 aromatic heterocycles. The molecular formula is C14H14ClF3O. The molecule has 1 aliphatic carbocycles. The predicted octanol–water partition coefficient (Wildman–Crippen LogP) is 4.42. The van der Waals surface area contributed by atoms with Crippen LogP contribution in [0.4, 0.5) is 13.2 Å². The van der Waals surface area contributed by atoms with E-state index in [1.807, 2.05) is 0 Å². The number of alkyl halides is 2. The highest BCUT2D eigenvalue weighted by atomic mass is 35.5. The first-order chi connectivity index (χ1) is 8.87. The van der Waals surface area contributed by atoms with Gasteiger partial charge in [-0.3, -0.25) is 4.79 Å². The van der Waals surface area contributed by atoms with Crippen molar-refractivity contribution in [2.45, 2.75) is 38.0 Å². The van der Waals surface area contributed by atoms with Crippen molar-refractivity contribution in [3.05, 3.63) is 34.6 Å². The average Bonchev–Trinajstić information content (AvgIpc) is 2.32. The molecule has 104 valence electrons. The number of hydrogen-bond acceptors (Lipinski definition) is 1. The monoisotopic (exact) mass is 290 g/mol. The minimum absolute atomic E-state index is 0.0563. The Balaban J connectivity index is 1.98. The molecule has 19 heavy (non-hydrogen) atoms. The van der Waals surface area contributed by atoms with Crippen molar-refractivity contribution in [2.75, 3.05) is 0 Å². The maximum Gasteiger partial charge on any atom is 0.248 e. The second kappa shape index (κ2) is 5.53. The molecule has 1 saturated carbocycles. The van der Waals surface area contributed by atoms with Crippen LogP contribution in [-0.4, -0.2) is 11.7 Å². The van der Waals surface area contributed by atoms with Crippen LogP contribution in [0.25, 0.3) is 0 Å². The van der Waals surface area contributed by atoms with Gasteiger partial charge in [0.05, 0.1) is 0 Å².